The van der Waals surface area contributed by atoms with E-state index in [0.29, 0.717) is 13.2 Å². The van der Waals surface area contributed by atoms with Crippen molar-refractivity contribution < 1.29 is 27.9 Å². The lowest BCUT2D eigenvalue weighted by Gasteiger charge is -2.26. The van der Waals surface area contributed by atoms with Crippen LogP contribution in [0.2, 0.25) is 0 Å². The van der Waals surface area contributed by atoms with E-state index in [0.717, 1.165) is 4.68 Å². The predicted molar refractivity (Wildman–Crippen MR) is 93.8 cm³/mol. The molecule has 2 heterocycles. The minimum absolute atomic E-state index is 0.0169. The molecule has 2 aromatic rings. The quantitative estimate of drug-likeness (QED) is 0.717. The first-order valence-corrected chi connectivity index (χ1v) is 9.55. The molecule has 144 valence electrons. The Morgan fingerprint density at radius 3 is 2.59 bits per heavy atom. The number of sulfonamides is 1. The second-order valence-corrected chi connectivity index (χ2v) is 7.67. The first-order chi connectivity index (χ1) is 12.9. The number of carbonyl (C=O) groups excluding carboxylic acids is 1. The number of nitrogens with one attached hydrogen (secondary N) is 1. The maximum atomic E-state index is 12.9. The summed E-state index contributed by atoms with van der Waals surface area (Å²) in [6.07, 6.45) is 1.40. The van der Waals surface area contributed by atoms with Gasteiger partial charge < -0.3 is 15.2 Å². The van der Waals surface area contributed by atoms with Crippen LogP contribution in [0.15, 0.2) is 41.4 Å². The highest BCUT2D eigenvalue weighted by atomic mass is 32.2. The lowest BCUT2D eigenvalue weighted by atomic mass is 10.2. The monoisotopic (exact) mass is 394 g/mol. The van der Waals surface area contributed by atoms with Crippen molar-refractivity contribution in [1.82, 2.24) is 14.1 Å². The molecule has 0 spiro atoms. The number of benzene rings is 1. The van der Waals surface area contributed by atoms with Crippen molar-refractivity contribution in [3.63, 3.8) is 0 Å². The second kappa shape index (κ2) is 7.86. The smallest absolute Gasteiger partial charge is 0.325 e. The van der Waals surface area contributed by atoms with E-state index >= 15 is 0 Å². The summed E-state index contributed by atoms with van der Waals surface area (Å²) in [6, 6.07) is 7.33. The van der Waals surface area contributed by atoms with E-state index in [4.69, 9.17) is 9.84 Å². The number of aromatic nitrogens is 2. The number of carboxylic acids is 1. The number of anilines is 1. The second-order valence-electron chi connectivity index (χ2n) is 5.76. The Morgan fingerprint density at radius 2 is 1.89 bits per heavy atom. The third-order valence-corrected chi connectivity index (χ3v) is 5.86. The van der Waals surface area contributed by atoms with Crippen molar-refractivity contribution in [1.29, 1.82) is 0 Å². The van der Waals surface area contributed by atoms with Gasteiger partial charge in [0.25, 0.3) is 5.91 Å². The summed E-state index contributed by atoms with van der Waals surface area (Å²) < 4.78 is 33.4. The van der Waals surface area contributed by atoms with Crippen LogP contribution < -0.4 is 5.32 Å². The normalized spacial score (nSPS) is 15.4. The Labute approximate surface area is 155 Å². The van der Waals surface area contributed by atoms with Crippen LogP contribution in [0, 0.1) is 0 Å². The lowest BCUT2D eigenvalue weighted by molar-refractivity contribution is -0.137. The van der Waals surface area contributed by atoms with Gasteiger partial charge in [0.15, 0.2) is 5.82 Å². The Kier molecular flexibility index (Phi) is 5.54. The van der Waals surface area contributed by atoms with Gasteiger partial charge in [-0.1, -0.05) is 12.1 Å². The number of aliphatic carboxylic acids is 1. The van der Waals surface area contributed by atoms with Crippen LogP contribution in [0.5, 0.6) is 0 Å². The van der Waals surface area contributed by atoms with Gasteiger partial charge in [0, 0.05) is 25.4 Å². The van der Waals surface area contributed by atoms with E-state index in [2.05, 4.69) is 10.4 Å². The Hall–Kier alpha value is -2.76. The zero-order chi connectivity index (χ0) is 19.4. The van der Waals surface area contributed by atoms with Crippen molar-refractivity contribution in [2.45, 2.75) is 11.4 Å². The van der Waals surface area contributed by atoms with Gasteiger partial charge in [0.2, 0.25) is 10.0 Å². The lowest BCUT2D eigenvalue weighted by Crippen LogP contribution is -2.41. The van der Waals surface area contributed by atoms with E-state index in [1.54, 1.807) is 12.1 Å². The minimum Gasteiger partial charge on any atom is -0.480 e. The average Bonchev–Trinajstić information content (AvgIpc) is 3.08. The number of morpholine rings is 1. The van der Waals surface area contributed by atoms with Gasteiger partial charge in [-0.15, -0.1) is 0 Å². The fourth-order valence-electron chi connectivity index (χ4n) is 2.64. The van der Waals surface area contributed by atoms with E-state index < -0.39 is 21.9 Å². The summed E-state index contributed by atoms with van der Waals surface area (Å²) >= 11 is 0. The van der Waals surface area contributed by atoms with Crippen LogP contribution in [-0.4, -0.2) is 65.8 Å². The molecule has 1 saturated heterocycles. The minimum atomic E-state index is -3.85. The summed E-state index contributed by atoms with van der Waals surface area (Å²) in [5, 5.41) is 15.2. The zero-order valence-corrected chi connectivity index (χ0v) is 15.1. The molecule has 0 aliphatic carbocycles. The topological polar surface area (TPSA) is 131 Å². The third kappa shape index (κ3) is 4.32. The van der Waals surface area contributed by atoms with Crippen LogP contribution in [-0.2, 0) is 26.1 Å². The van der Waals surface area contributed by atoms with E-state index in [1.165, 1.54) is 28.7 Å². The average molecular weight is 394 g/mol. The van der Waals surface area contributed by atoms with Gasteiger partial charge in [-0.05, 0) is 12.1 Å². The molecule has 0 unspecified atom stereocenters. The number of carboxylic acid groups (broad SMARTS) is 1. The van der Waals surface area contributed by atoms with Crippen molar-refractivity contribution in [2.75, 3.05) is 31.6 Å². The number of hydrogen-bond donors (Lipinski definition) is 2. The van der Waals surface area contributed by atoms with Gasteiger partial charge in [-0.3, -0.25) is 14.3 Å². The maximum Gasteiger partial charge on any atom is 0.325 e. The molecule has 3 rings (SSSR count). The molecule has 1 fully saturated rings. The van der Waals surface area contributed by atoms with E-state index in [9.17, 15) is 18.0 Å². The van der Waals surface area contributed by atoms with Crippen LogP contribution in [0.3, 0.4) is 0 Å². The summed E-state index contributed by atoms with van der Waals surface area (Å²) in [5.41, 5.74) is -0.0169. The number of amides is 1. The molecule has 0 atom stereocenters. The third-order valence-electron chi connectivity index (χ3n) is 3.90. The van der Waals surface area contributed by atoms with Crippen LogP contribution in [0.4, 0.5) is 5.82 Å². The Bertz CT molecular complexity index is 949. The van der Waals surface area contributed by atoms with Crippen LogP contribution in [0.25, 0.3) is 0 Å². The summed E-state index contributed by atoms with van der Waals surface area (Å²) in [7, 11) is -3.85. The van der Waals surface area contributed by atoms with Gasteiger partial charge in [0.1, 0.15) is 6.54 Å². The fourth-order valence-corrected chi connectivity index (χ4v) is 4.24. The standard InChI is InChI=1S/C16H18N4O6S/c21-15(22)11-19-6-5-14(18-19)17-16(23)12-3-1-2-4-13(12)27(24,25)20-7-9-26-10-8-20/h1-6H,7-11H2,(H,21,22)(H,17,18,23). The highest BCUT2D eigenvalue weighted by molar-refractivity contribution is 7.89. The molecule has 2 N–H and O–H groups in total. The molecule has 1 aromatic heterocycles. The van der Waals surface area contributed by atoms with Crippen LogP contribution >= 0.6 is 0 Å². The maximum absolute atomic E-state index is 12.9. The van der Waals surface area contributed by atoms with Gasteiger partial charge in [-0.2, -0.15) is 9.40 Å². The van der Waals surface area contributed by atoms with Gasteiger partial charge >= 0.3 is 5.97 Å². The first kappa shape index (κ1) is 19.0. The molecule has 0 radical (unpaired) electrons. The molecule has 27 heavy (non-hydrogen) atoms. The highest BCUT2D eigenvalue weighted by Crippen LogP contribution is 2.22. The molecule has 1 aliphatic rings. The predicted octanol–water partition coefficient (Wildman–Crippen LogP) is 0.241. The van der Waals surface area contributed by atoms with Gasteiger partial charge in [0.05, 0.1) is 23.7 Å². The zero-order valence-electron chi connectivity index (χ0n) is 14.2. The van der Waals surface area contributed by atoms with Crippen molar-refractivity contribution >= 4 is 27.7 Å². The molecule has 1 amide bonds. The molecule has 1 aliphatic heterocycles. The largest absolute Gasteiger partial charge is 0.480 e. The molecule has 0 saturated carbocycles. The molecule has 10 nitrogen and oxygen atoms in total. The molecule has 0 bridgehead atoms. The summed E-state index contributed by atoms with van der Waals surface area (Å²) in [4.78, 5) is 23.2. The van der Waals surface area contributed by atoms with Crippen molar-refractivity contribution in [3.05, 3.63) is 42.1 Å². The molecular weight excluding hydrogens is 376 g/mol. The Morgan fingerprint density at radius 1 is 1.19 bits per heavy atom. The number of nitrogens with zero attached hydrogens (tertiary/aromatic N) is 3. The number of hydrogen-bond acceptors (Lipinski definition) is 6. The number of ether oxygens (including phenoxy) is 1. The van der Waals surface area contributed by atoms with Crippen molar-refractivity contribution in [2.24, 2.45) is 0 Å². The Balaban J connectivity index is 1.83. The highest BCUT2D eigenvalue weighted by Gasteiger charge is 2.30. The molecule has 1 aromatic carbocycles. The van der Waals surface area contributed by atoms with Crippen LogP contribution in [0.1, 0.15) is 10.4 Å². The number of rotatable bonds is 6. The van der Waals surface area contributed by atoms with Gasteiger partial charge in [-0.25, -0.2) is 8.42 Å². The molecule has 11 heteroatoms. The first-order valence-electron chi connectivity index (χ1n) is 8.11. The summed E-state index contributed by atoms with van der Waals surface area (Å²) in [6.45, 7) is 0.691. The fraction of sp³-hybridized carbons (Fsp3) is 0.312. The number of carbonyl (C=O) groups is 2. The SMILES string of the molecule is O=C(O)Cn1ccc(NC(=O)c2ccccc2S(=O)(=O)N2CCOCC2)n1. The van der Waals surface area contributed by atoms with E-state index in [-0.39, 0.29) is 35.9 Å². The summed E-state index contributed by atoms with van der Waals surface area (Å²) in [5.74, 6) is -1.60. The molecular formula is C16H18N4O6S. The van der Waals surface area contributed by atoms with Crippen molar-refractivity contribution in [3.8, 4) is 0 Å². The van der Waals surface area contributed by atoms with E-state index in [1.807, 2.05) is 0 Å².